The van der Waals surface area contributed by atoms with Crippen LogP contribution in [-0.4, -0.2) is 45.3 Å². The molecule has 0 spiro atoms. The van der Waals surface area contributed by atoms with Crippen molar-refractivity contribution in [3.63, 3.8) is 0 Å². The molecule has 1 aromatic heterocycles. The van der Waals surface area contributed by atoms with Gasteiger partial charge in [0.15, 0.2) is 6.10 Å². The Kier molecular flexibility index (Phi) is 5.69. The van der Waals surface area contributed by atoms with Crippen molar-refractivity contribution in [2.75, 3.05) is 12.4 Å². The number of esters is 1. The first-order chi connectivity index (χ1) is 11.4. The van der Waals surface area contributed by atoms with E-state index in [2.05, 4.69) is 20.8 Å². The van der Waals surface area contributed by atoms with Crippen LogP contribution in [-0.2, 0) is 20.9 Å². The van der Waals surface area contributed by atoms with Crippen molar-refractivity contribution in [1.82, 2.24) is 20.2 Å². The zero-order chi connectivity index (χ0) is 17.7. The van der Waals surface area contributed by atoms with Gasteiger partial charge in [0.2, 0.25) is 0 Å². The van der Waals surface area contributed by atoms with Gasteiger partial charge in [-0.2, -0.15) is 0 Å². The summed E-state index contributed by atoms with van der Waals surface area (Å²) >= 11 is 6.02. The number of carbonyl (C=O) groups excluding carboxylic acids is 2. The minimum Gasteiger partial charge on any atom is -0.495 e. The van der Waals surface area contributed by atoms with Gasteiger partial charge in [0.1, 0.15) is 18.6 Å². The van der Waals surface area contributed by atoms with Gasteiger partial charge in [0, 0.05) is 11.1 Å². The van der Waals surface area contributed by atoms with Gasteiger partial charge in [-0.15, -0.1) is 5.10 Å². The number of benzene rings is 1. The lowest BCUT2D eigenvalue weighted by atomic mass is 10.2. The number of amides is 1. The van der Waals surface area contributed by atoms with Crippen molar-refractivity contribution in [2.45, 2.75) is 26.5 Å². The van der Waals surface area contributed by atoms with E-state index in [9.17, 15) is 9.59 Å². The highest BCUT2D eigenvalue weighted by Crippen LogP contribution is 2.31. The molecule has 128 valence electrons. The molecule has 0 saturated heterocycles. The largest absolute Gasteiger partial charge is 0.495 e. The quantitative estimate of drug-likeness (QED) is 0.777. The summed E-state index contributed by atoms with van der Waals surface area (Å²) in [5, 5.41) is 13.5. The molecule has 1 heterocycles. The molecule has 2 rings (SSSR count). The smallest absolute Gasteiger partial charge is 0.328 e. The molecule has 0 fully saturated rings. The normalized spacial score (nSPS) is 11.7. The third-order valence-electron chi connectivity index (χ3n) is 3.10. The Hall–Kier alpha value is -2.68. The number of aryl methyl sites for hydroxylation is 1. The lowest BCUT2D eigenvalue weighted by Crippen LogP contribution is -2.31. The van der Waals surface area contributed by atoms with Crippen LogP contribution in [0.2, 0.25) is 5.02 Å². The Morgan fingerprint density at radius 1 is 1.42 bits per heavy atom. The molecule has 0 unspecified atom stereocenters. The van der Waals surface area contributed by atoms with Crippen molar-refractivity contribution in [2.24, 2.45) is 0 Å². The van der Waals surface area contributed by atoms with Gasteiger partial charge in [-0.3, -0.25) is 9.59 Å². The maximum atomic E-state index is 12.2. The van der Waals surface area contributed by atoms with E-state index in [4.69, 9.17) is 21.1 Å². The minimum absolute atomic E-state index is 0.187. The number of aromatic nitrogens is 4. The number of ether oxygens (including phenoxy) is 2. The first-order valence-electron chi connectivity index (χ1n) is 6.96. The summed E-state index contributed by atoms with van der Waals surface area (Å²) in [6.45, 7) is 3.07. The topological polar surface area (TPSA) is 108 Å². The lowest BCUT2D eigenvalue weighted by Gasteiger charge is -2.16. The molecule has 24 heavy (non-hydrogen) atoms. The number of nitrogens with zero attached hydrogens (tertiary/aromatic N) is 4. The fourth-order valence-electron chi connectivity index (χ4n) is 1.84. The summed E-state index contributed by atoms with van der Waals surface area (Å²) in [6, 6.07) is 3.27. The molecule has 1 N–H and O–H groups in total. The number of hydrogen-bond donors (Lipinski definition) is 1. The van der Waals surface area contributed by atoms with Gasteiger partial charge in [0.05, 0.1) is 12.8 Å². The van der Waals surface area contributed by atoms with E-state index in [1.165, 1.54) is 25.0 Å². The highest BCUT2D eigenvalue weighted by Gasteiger charge is 2.20. The molecule has 0 aliphatic carbocycles. The standard InChI is InChI=1S/C14H16ClN5O4/c1-8-4-11(12(23-3)5-10(8)15)17-14(22)9(2)24-13(21)6-20-7-16-18-19-20/h4-5,7,9H,6H2,1-3H3,(H,17,22)/t9-/m0/s1. The van der Waals surface area contributed by atoms with Crippen LogP contribution in [0.15, 0.2) is 18.5 Å². The second kappa shape index (κ2) is 7.73. The van der Waals surface area contributed by atoms with Gasteiger partial charge in [-0.05, 0) is 35.9 Å². The van der Waals surface area contributed by atoms with Crippen LogP contribution in [0.5, 0.6) is 5.75 Å². The van der Waals surface area contributed by atoms with E-state index in [-0.39, 0.29) is 6.54 Å². The zero-order valence-corrected chi connectivity index (χ0v) is 14.1. The molecule has 1 amide bonds. The first-order valence-corrected chi connectivity index (χ1v) is 7.33. The first kappa shape index (κ1) is 17.7. The molecule has 1 aromatic carbocycles. The highest BCUT2D eigenvalue weighted by atomic mass is 35.5. The van der Waals surface area contributed by atoms with Gasteiger partial charge in [0.25, 0.3) is 5.91 Å². The van der Waals surface area contributed by atoms with E-state index >= 15 is 0 Å². The minimum atomic E-state index is -1.00. The average Bonchev–Trinajstić information content (AvgIpc) is 3.03. The van der Waals surface area contributed by atoms with Crippen molar-refractivity contribution in [3.8, 4) is 5.75 Å². The van der Waals surface area contributed by atoms with Crippen LogP contribution < -0.4 is 10.1 Å². The van der Waals surface area contributed by atoms with Crippen LogP contribution in [0, 0.1) is 6.92 Å². The summed E-state index contributed by atoms with van der Waals surface area (Å²) in [7, 11) is 1.46. The van der Waals surface area contributed by atoms with E-state index in [1.54, 1.807) is 19.1 Å². The Balaban J connectivity index is 1.98. The molecular formula is C14H16ClN5O4. The third kappa shape index (κ3) is 4.42. The number of anilines is 1. The summed E-state index contributed by atoms with van der Waals surface area (Å²) in [5.74, 6) is -0.726. The van der Waals surface area contributed by atoms with Crippen molar-refractivity contribution < 1.29 is 19.1 Å². The number of tetrazole rings is 1. The maximum absolute atomic E-state index is 12.2. The van der Waals surface area contributed by atoms with Gasteiger partial charge in [-0.25, -0.2) is 4.68 Å². The predicted molar refractivity (Wildman–Crippen MR) is 84.7 cm³/mol. The second-order valence-electron chi connectivity index (χ2n) is 4.93. The number of hydrogen-bond acceptors (Lipinski definition) is 7. The molecule has 1 atom stereocenters. The summed E-state index contributed by atoms with van der Waals surface area (Å²) in [4.78, 5) is 23.9. The number of nitrogens with one attached hydrogen (secondary N) is 1. The molecule has 0 aliphatic rings. The number of rotatable bonds is 6. The van der Waals surface area contributed by atoms with Crippen LogP contribution in [0.1, 0.15) is 12.5 Å². The van der Waals surface area contributed by atoms with Crippen molar-refractivity contribution >= 4 is 29.2 Å². The number of carbonyl (C=O) groups is 2. The molecule has 0 radical (unpaired) electrons. The Morgan fingerprint density at radius 3 is 2.79 bits per heavy atom. The summed E-state index contributed by atoms with van der Waals surface area (Å²) < 4.78 is 11.4. The summed E-state index contributed by atoms with van der Waals surface area (Å²) in [6.07, 6.45) is 0.266. The average molecular weight is 354 g/mol. The fraction of sp³-hybridized carbons (Fsp3) is 0.357. The summed E-state index contributed by atoms with van der Waals surface area (Å²) in [5.41, 5.74) is 1.21. The molecular weight excluding hydrogens is 338 g/mol. The Morgan fingerprint density at radius 2 is 2.17 bits per heavy atom. The maximum Gasteiger partial charge on any atom is 0.328 e. The predicted octanol–water partition coefficient (Wildman–Crippen LogP) is 1.21. The van der Waals surface area contributed by atoms with Crippen LogP contribution >= 0.6 is 11.6 Å². The van der Waals surface area contributed by atoms with Gasteiger partial charge < -0.3 is 14.8 Å². The van der Waals surface area contributed by atoms with Crippen molar-refractivity contribution in [3.05, 3.63) is 29.0 Å². The molecule has 9 nitrogen and oxygen atoms in total. The molecule has 0 aliphatic heterocycles. The molecule has 2 aromatic rings. The van der Waals surface area contributed by atoms with E-state index < -0.39 is 18.0 Å². The third-order valence-corrected chi connectivity index (χ3v) is 3.51. The highest BCUT2D eigenvalue weighted by molar-refractivity contribution is 6.31. The lowest BCUT2D eigenvalue weighted by molar-refractivity contribution is -0.153. The Bertz CT molecular complexity index is 735. The van der Waals surface area contributed by atoms with Crippen LogP contribution in [0.4, 0.5) is 5.69 Å². The molecule has 0 saturated carbocycles. The van der Waals surface area contributed by atoms with E-state index in [0.717, 1.165) is 5.56 Å². The molecule has 0 bridgehead atoms. The van der Waals surface area contributed by atoms with Crippen LogP contribution in [0.25, 0.3) is 0 Å². The van der Waals surface area contributed by atoms with Gasteiger partial charge >= 0.3 is 5.97 Å². The number of methoxy groups -OCH3 is 1. The number of halogens is 1. The zero-order valence-electron chi connectivity index (χ0n) is 13.3. The van der Waals surface area contributed by atoms with Gasteiger partial charge in [-0.1, -0.05) is 11.6 Å². The monoisotopic (exact) mass is 353 g/mol. The van der Waals surface area contributed by atoms with E-state index in [0.29, 0.717) is 16.5 Å². The Labute approximate surface area is 142 Å². The molecule has 10 heteroatoms. The van der Waals surface area contributed by atoms with Crippen LogP contribution in [0.3, 0.4) is 0 Å². The fourth-order valence-corrected chi connectivity index (χ4v) is 1.99. The SMILES string of the molecule is COc1cc(Cl)c(C)cc1NC(=O)[C@H](C)OC(=O)Cn1cnnn1. The van der Waals surface area contributed by atoms with E-state index in [1.807, 2.05) is 0 Å². The van der Waals surface area contributed by atoms with Crippen molar-refractivity contribution in [1.29, 1.82) is 0 Å². The second-order valence-corrected chi connectivity index (χ2v) is 5.34.